The van der Waals surface area contributed by atoms with Gasteiger partial charge in [0.25, 0.3) is 0 Å². The summed E-state index contributed by atoms with van der Waals surface area (Å²) in [5.74, 6) is -0.282. The highest BCUT2D eigenvalue weighted by atomic mass is 35.5. The van der Waals surface area contributed by atoms with Crippen molar-refractivity contribution in [1.82, 2.24) is 0 Å². The summed E-state index contributed by atoms with van der Waals surface area (Å²) in [4.78, 5) is 11.3. The highest BCUT2D eigenvalue weighted by Gasteiger charge is 2.21. The Morgan fingerprint density at radius 1 is 1.18 bits per heavy atom. The van der Waals surface area contributed by atoms with Crippen LogP contribution in [0.3, 0.4) is 0 Å². The molecule has 22 heavy (non-hydrogen) atoms. The molecule has 2 aromatic carbocycles. The van der Waals surface area contributed by atoms with Gasteiger partial charge in [-0.05, 0) is 48.9 Å². The SMILES string of the molecule is CC(=O)Nc1ccc(S(=O)(=O)c2ccc(Cl)cc2C)cc1N. The van der Waals surface area contributed by atoms with Crippen LogP contribution in [0.15, 0.2) is 46.2 Å². The molecule has 5 nitrogen and oxygen atoms in total. The van der Waals surface area contributed by atoms with Crippen LogP contribution >= 0.6 is 11.6 Å². The van der Waals surface area contributed by atoms with Gasteiger partial charge in [0.1, 0.15) is 0 Å². The first-order chi connectivity index (χ1) is 10.2. The topological polar surface area (TPSA) is 89.3 Å². The Kier molecular flexibility index (Phi) is 4.44. The molecule has 2 aromatic rings. The number of aryl methyl sites for hydroxylation is 1. The Balaban J connectivity index is 2.50. The smallest absolute Gasteiger partial charge is 0.221 e. The lowest BCUT2D eigenvalue weighted by molar-refractivity contribution is -0.114. The molecule has 3 N–H and O–H groups in total. The minimum atomic E-state index is -3.71. The third kappa shape index (κ3) is 3.23. The molecule has 0 aliphatic carbocycles. The van der Waals surface area contributed by atoms with Gasteiger partial charge < -0.3 is 11.1 Å². The number of nitrogens with one attached hydrogen (secondary N) is 1. The number of carbonyl (C=O) groups is 1. The van der Waals surface area contributed by atoms with Crippen molar-refractivity contribution >= 4 is 38.7 Å². The van der Waals surface area contributed by atoms with E-state index in [1.165, 1.54) is 37.3 Å². The van der Waals surface area contributed by atoms with E-state index in [0.717, 1.165) is 0 Å². The third-order valence-corrected chi connectivity index (χ3v) is 5.22. The zero-order valence-corrected chi connectivity index (χ0v) is 13.6. The van der Waals surface area contributed by atoms with E-state index in [1.54, 1.807) is 13.0 Å². The fourth-order valence-electron chi connectivity index (χ4n) is 2.05. The maximum Gasteiger partial charge on any atom is 0.221 e. The van der Waals surface area contributed by atoms with E-state index in [4.69, 9.17) is 17.3 Å². The fraction of sp³-hybridized carbons (Fsp3) is 0.133. The molecular formula is C15H15ClN2O3S. The molecule has 0 aromatic heterocycles. The highest BCUT2D eigenvalue weighted by molar-refractivity contribution is 7.91. The van der Waals surface area contributed by atoms with Crippen molar-refractivity contribution in [3.63, 3.8) is 0 Å². The molecule has 0 bridgehead atoms. The van der Waals surface area contributed by atoms with Crippen LogP contribution in [0.4, 0.5) is 11.4 Å². The van der Waals surface area contributed by atoms with Crippen molar-refractivity contribution in [3.05, 3.63) is 47.0 Å². The number of halogens is 1. The lowest BCUT2D eigenvalue weighted by Gasteiger charge is -2.11. The number of anilines is 2. The zero-order chi connectivity index (χ0) is 16.5. The van der Waals surface area contributed by atoms with E-state index >= 15 is 0 Å². The standard InChI is InChI=1S/C15H15ClN2O3S/c1-9-7-11(16)3-6-15(9)22(20,21)12-4-5-14(13(17)8-12)18-10(2)19/h3-8H,17H2,1-2H3,(H,18,19). The molecule has 0 unspecified atom stereocenters. The summed E-state index contributed by atoms with van der Waals surface area (Å²) in [6, 6.07) is 8.78. The van der Waals surface area contributed by atoms with Crippen molar-refractivity contribution in [1.29, 1.82) is 0 Å². The number of rotatable bonds is 3. The van der Waals surface area contributed by atoms with Gasteiger partial charge in [-0.2, -0.15) is 0 Å². The van der Waals surface area contributed by atoms with Crippen LogP contribution in [0.25, 0.3) is 0 Å². The second-order valence-corrected chi connectivity index (χ2v) is 7.20. The predicted octanol–water partition coefficient (Wildman–Crippen LogP) is 3.02. The average molecular weight is 339 g/mol. The van der Waals surface area contributed by atoms with Gasteiger partial charge in [0.05, 0.1) is 21.2 Å². The van der Waals surface area contributed by atoms with Crippen molar-refractivity contribution in [2.45, 2.75) is 23.6 Å². The van der Waals surface area contributed by atoms with E-state index < -0.39 is 9.84 Å². The van der Waals surface area contributed by atoms with Gasteiger partial charge >= 0.3 is 0 Å². The zero-order valence-electron chi connectivity index (χ0n) is 12.1. The molecule has 0 saturated heterocycles. The van der Waals surface area contributed by atoms with Crippen molar-refractivity contribution in [2.24, 2.45) is 0 Å². The van der Waals surface area contributed by atoms with Gasteiger partial charge in [-0.25, -0.2) is 8.42 Å². The molecule has 0 aliphatic heterocycles. The number of amides is 1. The Bertz CT molecular complexity index is 848. The van der Waals surface area contributed by atoms with Crippen LogP contribution in [-0.4, -0.2) is 14.3 Å². The van der Waals surface area contributed by atoms with E-state index in [-0.39, 0.29) is 21.4 Å². The van der Waals surface area contributed by atoms with Crippen molar-refractivity contribution < 1.29 is 13.2 Å². The largest absolute Gasteiger partial charge is 0.397 e. The van der Waals surface area contributed by atoms with Gasteiger partial charge in [0.15, 0.2) is 0 Å². The van der Waals surface area contributed by atoms with Crippen LogP contribution in [0, 0.1) is 6.92 Å². The van der Waals surface area contributed by atoms with Gasteiger partial charge in [0.2, 0.25) is 15.7 Å². The lowest BCUT2D eigenvalue weighted by Crippen LogP contribution is -2.10. The first kappa shape index (κ1) is 16.3. The van der Waals surface area contributed by atoms with Gasteiger partial charge in [0, 0.05) is 11.9 Å². The minimum Gasteiger partial charge on any atom is -0.397 e. The summed E-state index contributed by atoms with van der Waals surface area (Å²) < 4.78 is 25.3. The van der Waals surface area contributed by atoms with Crippen LogP contribution in [-0.2, 0) is 14.6 Å². The third-order valence-electron chi connectivity index (χ3n) is 3.07. The maximum absolute atomic E-state index is 12.7. The van der Waals surface area contributed by atoms with Gasteiger partial charge in [-0.3, -0.25) is 4.79 Å². The van der Waals surface area contributed by atoms with Crippen LogP contribution in [0.1, 0.15) is 12.5 Å². The first-order valence-electron chi connectivity index (χ1n) is 6.40. The molecule has 0 fully saturated rings. The molecule has 0 saturated carbocycles. The Morgan fingerprint density at radius 3 is 2.41 bits per heavy atom. The molecule has 7 heteroatoms. The number of hydrogen-bond acceptors (Lipinski definition) is 4. The van der Waals surface area contributed by atoms with Gasteiger partial charge in [-0.1, -0.05) is 11.6 Å². The maximum atomic E-state index is 12.7. The molecule has 2 rings (SSSR count). The number of carbonyl (C=O) groups excluding carboxylic acids is 1. The molecule has 0 radical (unpaired) electrons. The van der Waals surface area contributed by atoms with Crippen LogP contribution < -0.4 is 11.1 Å². The molecule has 0 spiro atoms. The van der Waals surface area contributed by atoms with Gasteiger partial charge in [-0.15, -0.1) is 0 Å². The van der Waals surface area contributed by atoms with Crippen LogP contribution in [0.2, 0.25) is 5.02 Å². The number of benzene rings is 2. The summed E-state index contributed by atoms with van der Waals surface area (Å²) in [5.41, 5.74) is 6.92. The lowest BCUT2D eigenvalue weighted by atomic mass is 10.2. The first-order valence-corrected chi connectivity index (χ1v) is 8.26. The Labute approximate surface area is 134 Å². The average Bonchev–Trinajstić information content (AvgIpc) is 2.40. The molecule has 1 amide bonds. The Hall–Kier alpha value is -2.05. The number of sulfone groups is 1. The quantitative estimate of drug-likeness (QED) is 0.842. The number of nitrogens with two attached hydrogens (primary N) is 1. The molecule has 0 heterocycles. The van der Waals surface area contributed by atoms with E-state index in [9.17, 15) is 13.2 Å². The summed E-state index contributed by atoms with van der Waals surface area (Å²) in [6.07, 6.45) is 0. The van der Waals surface area contributed by atoms with E-state index in [2.05, 4.69) is 5.32 Å². The highest BCUT2D eigenvalue weighted by Crippen LogP contribution is 2.29. The second-order valence-electron chi connectivity index (χ2n) is 4.84. The molecule has 0 aliphatic rings. The summed E-state index contributed by atoms with van der Waals surface area (Å²) in [5, 5.41) is 3.00. The van der Waals surface area contributed by atoms with Crippen LogP contribution in [0.5, 0.6) is 0 Å². The van der Waals surface area contributed by atoms with E-state index in [1.807, 2.05) is 0 Å². The summed E-state index contributed by atoms with van der Waals surface area (Å²) in [6.45, 7) is 3.02. The monoisotopic (exact) mass is 338 g/mol. The minimum absolute atomic E-state index is 0.0597. The summed E-state index contributed by atoms with van der Waals surface area (Å²) in [7, 11) is -3.71. The second kappa shape index (κ2) is 5.98. The summed E-state index contributed by atoms with van der Waals surface area (Å²) >= 11 is 5.85. The molecular weight excluding hydrogens is 324 g/mol. The van der Waals surface area contributed by atoms with Crippen molar-refractivity contribution in [3.8, 4) is 0 Å². The van der Waals surface area contributed by atoms with E-state index in [0.29, 0.717) is 16.3 Å². The Morgan fingerprint density at radius 2 is 1.86 bits per heavy atom. The molecule has 0 atom stereocenters. The fourth-order valence-corrected chi connectivity index (χ4v) is 3.79. The number of nitrogen functional groups attached to an aromatic ring is 1. The predicted molar refractivity (Wildman–Crippen MR) is 86.8 cm³/mol. The normalized spacial score (nSPS) is 11.2. The van der Waals surface area contributed by atoms with Crippen molar-refractivity contribution in [2.75, 3.05) is 11.1 Å². The number of hydrogen-bond donors (Lipinski definition) is 2. The molecule has 116 valence electrons.